The van der Waals surface area contributed by atoms with Gasteiger partial charge in [0.25, 0.3) is 5.24 Å². The predicted molar refractivity (Wildman–Crippen MR) is 53.8 cm³/mol. The Morgan fingerprint density at radius 3 is 2.64 bits per heavy atom. The van der Waals surface area contributed by atoms with E-state index in [9.17, 15) is 4.79 Å². The maximum absolute atomic E-state index is 10.8. The molecular weight excluding hydrogens is 202 g/mol. The number of hydrogen-bond donors (Lipinski definition) is 0. The first kappa shape index (κ1) is 9.37. The van der Waals surface area contributed by atoms with Crippen LogP contribution in [-0.4, -0.2) is 18.1 Å². The maximum atomic E-state index is 10.8. The second kappa shape index (κ2) is 3.90. The molecule has 0 saturated heterocycles. The first-order valence-corrected chi connectivity index (χ1v) is 4.58. The zero-order valence-electron chi connectivity index (χ0n) is 7.31. The van der Waals surface area contributed by atoms with Gasteiger partial charge >= 0.3 is 0 Å². The van der Waals surface area contributed by atoms with Crippen molar-refractivity contribution in [3.63, 3.8) is 0 Å². The van der Waals surface area contributed by atoms with Gasteiger partial charge in [-0.15, -0.1) is 0 Å². The van der Waals surface area contributed by atoms with Gasteiger partial charge in [-0.25, -0.2) is 0 Å². The molecule has 1 atom stereocenters. The van der Waals surface area contributed by atoms with Crippen LogP contribution in [-0.2, 0) is 4.74 Å². The van der Waals surface area contributed by atoms with Gasteiger partial charge in [-0.1, -0.05) is 12.1 Å². The van der Waals surface area contributed by atoms with Crippen molar-refractivity contribution >= 4 is 23.1 Å². The molecule has 1 aromatic carbocycles. The lowest BCUT2D eigenvalue weighted by Crippen LogP contribution is -1.96. The Morgan fingerprint density at radius 2 is 2.14 bits per heavy atom. The molecule has 0 radical (unpaired) electrons. The van der Waals surface area contributed by atoms with E-state index in [1.807, 2.05) is 0 Å². The van der Waals surface area contributed by atoms with E-state index in [2.05, 4.69) is 4.99 Å². The lowest BCUT2D eigenvalue weighted by molar-refractivity contribution is 0.107. The summed E-state index contributed by atoms with van der Waals surface area (Å²) in [5, 5.41) is -0.451. The molecule has 1 unspecified atom stereocenters. The highest BCUT2D eigenvalue weighted by molar-refractivity contribution is 6.67. The highest BCUT2D eigenvalue weighted by atomic mass is 35.5. The molecule has 0 amide bonds. The molecule has 1 heterocycles. The Labute approximate surface area is 86.4 Å². The topological polar surface area (TPSA) is 38.7 Å². The average molecular weight is 210 g/mol. The first-order chi connectivity index (χ1) is 6.77. The second-order valence-electron chi connectivity index (χ2n) is 2.91. The number of hydrogen-bond acceptors (Lipinski definition) is 3. The molecule has 0 aromatic heterocycles. The highest BCUT2D eigenvalue weighted by Crippen LogP contribution is 2.21. The van der Waals surface area contributed by atoms with E-state index in [1.165, 1.54) is 0 Å². The van der Waals surface area contributed by atoms with Crippen molar-refractivity contribution < 1.29 is 9.53 Å². The van der Waals surface area contributed by atoms with E-state index in [4.69, 9.17) is 16.3 Å². The van der Waals surface area contributed by atoms with Crippen molar-refractivity contribution in [1.29, 1.82) is 0 Å². The normalized spacial score (nSPS) is 19.9. The van der Waals surface area contributed by atoms with Crippen molar-refractivity contribution in [3.8, 4) is 0 Å². The Morgan fingerprint density at radius 1 is 1.43 bits per heavy atom. The molecule has 0 aliphatic carbocycles. The number of carbonyl (C=O) groups excluding carboxylic acids is 1. The molecule has 1 aliphatic heterocycles. The zero-order chi connectivity index (χ0) is 9.97. The Hall–Kier alpha value is -1.19. The number of rotatable bonds is 2. The molecule has 0 bridgehead atoms. The van der Waals surface area contributed by atoms with Gasteiger partial charge < -0.3 is 4.74 Å². The third-order valence-electron chi connectivity index (χ3n) is 1.99. The van der Waals surface area contributed by atoms with E-state index >= 15 is 0 Å². The molecule has 2 rings (SSSR count). The Bertz CT molecular complexity index is 372. The van der Waals surface area contributed by atoms with Crippen LogP contribution < -0.4 is 0 Å². The maximum Gasteiger partial charge on any atom is 0.252 e. The molecule has 0 saturated carbocycles. The number of benzene rings is 1. The van der Waals surface area contributed by atoms with Crippen molar-refractivity contribution in [2.24, 2.45) is 4.99 Å². The van der Waals surface area contributed by atoms with Crippen LogP contribution in [0.25, 0.3) is 0 Å². The lowest BCUT2D eigenvalue weighted by Gasteiger charge is -2.07. The third-order valence-corrected chi connectivity index (χ3v) is 2.21. The van der Waals surface area contributed by atoms with Crippen molar-refractivity contribution in [3.05, 3.63) is 35.4 Å². The van der Waals surface area contributed by atoms with Gasteiger partial charge in [-0.05, 0) is 23.7 Å². The number of carbonyl (C=O) groups is 1. The van der Waals surface area contributed by atoms with Crippen LogP contribution in [0.2, 0.25) is 0 Å². The molecule has 14 heavy (non-hydrogen) atoms. The number of halogens is 1. The summed E-state index contributed by atoms with van der Waals surface area (Å²) in [5.74, 6) is 0. The fraction of sp³-hybridized carbons (Fsp3) is 0.200. The summed E-state index contributed by atoms with van der Waals surface area (Å²) in [4.78, 5) is 14.9. The van der Waals surface area contributed by atoms with Crippen LogP contribution in [0.4, 0.5) is 0 Å². The number of nitrogens with zero attached hydrogens (tertiary/aromatic N) is 1. The van der Waals surface area contributed by atoms with Crippen LogP contribution in [0.1, 0.15) is 22.1 Å². The summed E-state index contributed by atoms with van der Waals surface area (Å²) in [6, 6.07) is 6.93. The predicted octanol–water partition coefficient (Wildman–Crippen LogP) is 2.17. The minimum Gasteiger partial charge on any atom is -0.347 e. The lowest BCUT2D eigenvalue weighted by atomic mass is 10.1. The molecule has 1 aliphatic rings. The van der Waals surface area contributed by atoms with Gasteiger partial charge in [0, 0.05) is 17.3 Å². The van der Waals surface area contributed by atoms with Crippen LogP contribution in [0.15, 0.2) is 29.3 Å². The summed E-state index contributed by atoms with van der Waals surface area (Å²) < 4.78 is 5.30. The Kier molecular flexibility index (Phi) is 2.61. The molecule has 3 nitrogen and oxygen atoms in total. The quantitative estimate of drug-likeness (QED) is 0.701. The van der Waals surface area contributed by atoms with Crippen LogP contribution in [0, 0.1) is 0 Å². The van der Waals surface area contributed by atoms with Gasteiger partial charge in [0.05, 0.1) is 6.61 Å². The summed E-state index contributed by atoms with van der Waals surface area (Å²) in [5.41, 5.74) is 1.41. The number of ether oxygens (including phenoxy) is 1. The molecule has 0 spiro atoms. The van der Waals surface area contributed by atoms with Crippen LogP contribution in [0.5, 0.6) is 0 Å². The molecular formula is C10H8ClNO2. The van der Waals surface area contributed by atoms with E-state index in [-0.39, 0.29) is 6.23 Å². The van der Waals surface area contributed by atoms with Crippen molar-refractivity contribution in [1.82, 2.24) is 0 Å². The van der Waals surface area contributed by atoms with Crippen molar-refractivity contribution in [2.75, 3.05) is 6.61 Å². The first-order valence-electron chi connectivity index (χ1n) is 4.20. The van der Waals surface area contributed by atoms with Gasteiger partial charge in [-0.3, -0.25) is 9.79 Å². The van der Waals surface area contributed by atoms with E-state index in [1.54, 1.807) is 30.5 Å². The minimum atomic E-state index is -0.451. The van der Waals surface area contributed by atoms with Gasteiger partial charge in [0.15, 0.2) is 6.23 Å². The monoisotopic (exact) mass is 209 g/mol. The summed E-state index contributed by atoms with van der Waals surface area (Å²) in [7, 11) is 0. The van der Waals surface area contributed by atoms with E-state index in [0.29, 0.717) is 12.2 Å². The minimum absolute atomic E-state index is 0.227. The summed E-state index contributed by atoms with van der Waals surface area (Å²) in [6.07, 6.45) is 1.50. The molecule has 4 heteroatoms. The van der Waals surface area contributed by atoms with Gasteiger partial charge in [0.2, 0.25) is 0 Å². The summed E-state index contributed by atoms with van der Waals surface area (Å²) in [6.45, 7) is 0.543. The number of aliphatic imine (C=N–C) groups is 1. The fourth-order valence-corrected chi connectivity index (χ4v) is 1.40. The standard InChI is InChI=1S/C10H8ClNO2/c11-9(13)7-1-3-8(4-2-7)10-12-5-6-14-10/h1-5,10H,6H2. The third kappa shape index (κ3) is 1.84. The van der Waals surface area contributed by atoms with E-state index < -0.39 is 5.24 Å². The average Bonchev–Trinajstić information content (AvgIpc) is 2.71. The largest absolute Gasteiger partial charge is 0.347 e. The molecule has 0 fully saturated rings. The van der Waals surface area contributed by atoms with Gasteiger partial charge in [-0.2, -0.15) is 0 Å². The van der Waals surface area contributed by atoms with Crippen molar-refractivity contribution in [2.45, 2.75) is 6.23 Å². The Balaban J connectivity index is 2.21. The highest BCUT2D eigenvalue weighted by Gasteiger charge is 2.13. The fourth-order valence-electron chi connectivity index (χ4n) is 1.28. The molecule has 0 N–H and O–H groups in total. The molecule has 72 valence electrons. The van der Waals surface area contributed by atoms with E-state index in [0.717, 1.165) is 5.56 Å². The molecule has 1 aromatic rings. The second-order valence-corrected chi connectivity index (χ2v) is 3.26. The zero-order valence-corrected chi connectivity index (χ0v) is 8.07. The van der Waals surface area contributed by atoms with Crippen LogP contribution >= 0.6 is 11.6 Å². The van der Waals surface area contributed by atoms with Crippen LogP contribution in [0.3, 0.4) is 0 Å². The summed E-state index contributed by atoms with van der Waals surface area (Å²) >= 11 is 5.32. The smallest absolute Gasteiger partial charge is 0.252 e. The van der Waals surface area contributed by atoms with Gasteiger partial charge in [0.1, 0.15) is 0 Å². The SMILES string of the molecule is O=C(Cl)c1ccc(C2N=CCO2)cc1.